The summed E-state index contributed by atoms with van der Waals surface area (Å²) in [5, 5.41) is 13.4. The molecule has 0 radical (unpaired) electrons. The van der Waals surface area contributed by atoms with Gasteiger partial charge in [0, 0.05) is 5.02 Å². The van der Waals surface area contributed by atoms with Gasteiger partial charge in [-0.25, -0.2) is 0 Å². The van der Waals surface area contributed by atoms with Crippen LogP contribution in [0, 0.1) is 0 Å². The Hall–Kier alpha value is -1.26. The van der Waals surface area contributed by atoms with E-state index >= 15 is 0 Å². The molecule has 110 valence electrons. The van der Waals surface area contributed by atoms with Gasteiger partial charge < -0.3 is 15.2 Å². The van der Waals surface area contributed by atoms with Crippen LogP contribution >= 0.6 is 11.6 Å². The molecule has 2 unspecified atom stereocenters. The van der Waals surface area contributed by atoms with Gasteiger partial charge in [-0.2, -0.15) is 0 Å². The molecule has 1 aliphatic carbocycles. The van der Waals surface area contributed by atoms with Crippen molar-refractivity contribution >= 4 is 17.5 Å². The van der Waals surface area contributed by atoms with Gasteiger partial charge in [0.25, 0.3) is 5.91 Å². The molecule has 0 bridgehead atoms. The number of hydrogen-bond donors (Lipinski definition) is 2. The van der Waals surface area contributed by atoms with Crippen LogP contribution in [0.1, 0.15) is 32.1 Å². The van der Waals surface area contributed by atoms with Crippen LogP contribution in [0.15, 0.2) is 24.3 Å². The van der Waals surface area contributed by atoms with Crippen molar-refractivity contribution in [3.8, 4) is 5.75 Å². The number of aliphatic hydroxyl groups excluding tert-OH is 1. The molecule has 0 aliphatic heterocycles. The highest BCUT2D eigenvalue weighted by atomic mass is 35.5. The molecule has 1 saturated carbocycles. The van der Waals surface area contributed by atoms with Crippen molar-refractivity contribution in [2.75, 3.05) is 6.61 Å². The summed E-state index contributed by atoms with van der Waals surface area (Å²) < 4.78 is 5.38. The maximum absolute atomic E-state index is 11.8. The van der Waals surface area contributed by atoms with E-state index in [1.54, 1.807) is 24.3 Å². The summed E-state index contributed by atoms with van der Waals surface area (Å²) in [5.41, 5.74) is 0. The van der Waals surface area contributed by atoms with E-state index in [4.69, 9.17) is 16.3 Å². The Morgan fingerprint density at radius 3 is 2.70 bits per heavy atom. The molecule has 2 rings (SSSR count). The first-order valence-electron chi connectivity index (χ1n) is 7.01. The first-order chi connectivity index (χ1) is 9.65. The van der Waals surface area contributed by atoms with Gasteiger partial charge >= 0.3 is 0 Å². The molecule has 1 aromatic rings. The molecule has 1 aromatic carbocycles. The summed E-state index contributed by atoms with van der Waals surface area (Å²) in [4.78, 5) is 11.8. The zero-order chi connectivity index (χ0) is 14.4. The molecule has 20 heavy (non-hydrogen) atoms. The van der Waals surface area contributed by atoms with E-state index in [0.29, 0.717) is 10.8 Å². The summed E-state index contributed by atoms with van der Waals surface area (Å²) in [5.74, 6) is 0.400. The van der Waals surface area contributed by atoms with Crippen LogP contribution < -0.4 is 10.1 Å². The Kier molecular flexibility index (Phi) is 5.68. The molecule has 1 fully saturated rings. The number of rotatable bonds is 4. The summed E-state index contributed by atoms with van der Waals surface area (Å²) >= 11 is 5.77. The Bertz CT molecular complexity index is 435. The number of carbonyl (C=O) groups excluding carboxylic acids is 1. The van der Waals surface area contributed by atoms with E-state index in [1.165, 1.54) is 0 Å². The topological polar surface area (TPSA) is 58.6 Å². The molecule has 2 atom stereocenters. The zero-order valence-electron chi connectivity index (χ0n) is 11.3. The van der Waals surface area contributed by atoms with Crippen LogP contribution in [0.25, 0.3) is 0 Å². The molecule has 1 aliphatic rings. The molecule has 2 N–H and O–H groups in total. The molecular formula is C15H20ClNO3. The molecule has 4 nitrogen and oxygen atoms in total. The SMILES string of the molecule is O=C(COc1ccc(Cl)cc1)NC1CCCCCC1O. The van der Waals surface area contributed by atoms with Gasteiger partial charge in [-0.3, -0.25) is 4.79 Å². The highest BCUT2D eigenvalue weighted by molar-refractivity contribution is 6.30. The van der Waals surface area contributed by atoms with Gasteiger partial charge in [-0.15, -0.1) is 0 Å². The minimum Gasteiger partial charge on any atom is -0.484 e. The molecule has 0 spiro atoms. The summed E-state index contributed by atoms with van der Waals surface area (Å²) in [6, 6.07) is 6.71. The summed E-state index contributed by atoms with van der Waals surface area (Å²) in [7, 11) is 0. The first-order valence-corrected chi connectivity index (χ1v) is 7.39. The lowest BCUT2D eigenvalue weighted by Crippen LogP contribution is -2.44. The van der Waals surface area contributed by atoms with Crippen LogP contribution in [0.2, 0.25) is 5.02 Å². The third kappa shape index (κ3) is 4.69. The van der Waals surface area contributed by atoms with Crippen LogP contribution in [0.5, 0.6) is 5.75 Å². The number of ether oxygens (including phenoxy) is 1. The van der Waals surface area contributed by atoms with Crippen molar-refractivity contribution in [1.29, 1.82) is 0 Å². The van der Waals surface area contributed by atoms with Gasteiger partial charge in [0.15, 0.2) is 6.61 Å². The Morgan fingerprint density at radius 1 is 1.25 bits per heavy atom. The molecule has 0 saturated heterocycles. The molecule has 1 amide bonds. The predicted molar refractivity (Wildman–Crippen MR) is 78.0 cm³/mol. The predicted octanol–water partition coefficient (Wildman–Crippen LogP) is 2.53. The Balaban J connectivity index is 1.78. The minimum absolute atomic E-state index is 0.0507. The van der Waals surface area contributed by atoms with Crippen molar-refractivity contribution in [3.05, 3.63) is 29.3 Å². The molecule has 0 heterocycles. The monoisotopic (exact) mass is 297 g/mol. The lowest BCUT2D eigenvalue weighted by molar-refractivity contribution is -0.124. The lowest BCUT2D eigenvalue weighted by Gasteiger charge is -2.21. The maximum atomic E-state index is 11.8. The van der Waals surface area contributed by atoms with Crippen molar-refractivity contribution in [1.82, 2.24) is 5.32 Å². The van der Waals surface area contributed by atoms with Gasteiger partial charge in [0.05, 0.1) is 12.1 Å². The van der Waals surface area contributed by atoms with Gasteiger partial charge in [-0.05, 0) is 37.1 Å². The molecule has 0 aromatic heterocycles. The van der Waals surface area contributed by atoms with E-state index in [1.807, 2.05) is 0 Å². The standard InChI is InChI=1S/C15H20ClNO3/c16-11-6-8-12(9-7-11)20-10-15(19)17-13-4-2-1-3-5-14(13)18/h6-9,13-14,18H,1-5,10H2,(H,17,19). The smallest absolute Gasteiger partial charge is 0.258 e. The zero-order valence-corrected chi connectivity index (χ0v) is 12.1. The van der Waals surface area contributed by atoms with Crippen LogP contribution in [0.3, 0.4) is 0 Å². The second kappa shape index (κ2) is 7.50. The van der Waals surface area contributed by atoms with Gasteiger partial charge in [0.1, 0.15) is 5.75 Å². The van der Waals surface area contributed by atoms with E-state index in [9.17, 15) is 9.90 Å². The van der Waals surface area contributed by atoms with Gasteiger partial charge in [-0.1, -0.05) is 30.9 Å². The number of hydrogen-bond acceptors (Lipinski definition) is 3. The molecular weight excluding hydrogens is 278 g/mol. The number of carbonyl (C=O) groups is 1. The first kappa shape index (κ1) is 15.1. The normalized spacial score (nSPS) is 22.9. The number of nitrogens with one attached hydrogen (secondary N) is 1. The fraction of sp³-hybridized carbons (Fsp3) is 0.533. The van der Waals surface area contributed by atoms with Crippen LogP contribution in [-0.4, -0.2) is 29.8 Å². The quantitative estimate of drug-likeness (QED) is 0.840. The number of halogens is 1. The molecule has 5 heteroatoms. The Morgan fingerprint density at radius 2 is 1.95 bits per heavy atom. The van der Waals surface area contributed by atoms with Crippen molar-refractivity contribution in [2.45, 2.75) is 44.2 Å². The van der Waals surface area contributed by atoms with Gasteiger partial charge in [0.2, 0.25) is 0 Å². The van der Waals surface area contributed by atoms with Crippen molar-refractivity contribution < 1.29 is 14.6 Å². The van der Waals surface area contributed by atoms with Crippen LogP contribution in [0.4, 0.5) is 0 Å². The number of amides is 1. The third-order valence-corrected chi connectivity index (χ3v) is 3.76. The fourth-order valence-electron chi connectivity index (χ4n) is 2.38. The lowest BCUT2D eigenvalue weighted by atomic mass is 10.1. The van der Waals surface area contributed by atoms with Crippen LogP contribution in [-0.2, 0) is 4.79 Å². The van der Waals surface area contributed by atoms with E-state index in [-0.39, 0.29) is 18.6 Å². The summed E-state index contributed by atoms with van der Waals surface area (Å²) in [6.07, 6.45) is 4.31. The maximum Gasteiger partial charge on any atom is 0.258 e. The summed E-state index contributed by atoms with van der Waals surface area (Å²) in [6.45, 7) is -0.0507. The minimum atomic E-state index is -0.447. The second-order valence-electron chi connectivity index (χ2n) is 5.12. The Labute approximate surface area is 124 Å². The fourth-order valence-corrected chi connectivity index (χ4v) is 2.51. The highest BCUT2D eigenvalue weighted by Gasteiger charge is 2.23. The third-order valence-electron chi connectivity index (χ3n) is 3.51. The van der Waals surface area contributed by atoms with Crippen molar-refractivity contribution in [3.63, 3.8) is 0 Å². The largest absolute Gasteiger partial charge is 0.484 e. The highest BCUT2D eigenvalue weighted by Crippen LogP contribution is 2.18. The average molecular weight is 298 g/mol. The van der Waals surface area contributed by atoms with E-state index in [0.717, 1.165) is 32.1 Å². The average Bonchev–Trinajstić information content (AvgIpc) is 2.64. The van der Waals surface area contributed by atoms with Crippen molar-refractivity contribution in [2.24, 2.45) is 0 Å². The van der Waals surface area contributed by atoms with E-state index in [2.05, 4.69) is 5.32 Å². The van der Waals surface area contributed by atoms with E-state index < -0.39 is 6.10 Å². The number of aliphatic hydroxyl groups is 1. The number of benzene rings is 1. The second-order valence-corrected chi connectivity index (χ2v) is 5.56.